The molecule has 0 bridgehead atoms. The van der Waals surface area contributed by atoms with E-state index >= 15 is 0 Å². The van der Waals surface area contributed by atoms with E-state index in [9.17, 15) is 13.2 Å². The lowest BCUT2D eigenvalue weighted by atomic mass is 10.1. The van der Waals surface area contributed by atoms with E-state index in [1.807, 2.05) is 0 Å². The Morgan fingerprint density at radius 2 is 2.33 bits per heavy atom. The number of hydrogen-bond acceptors (Lipinski definition) is 6. The minimum absolute atomic E-state index is 0.278. The van der Waals surface area contributed by atoms with Crippen LogP contribution in [0.2, 0.25) is 0 Å². The molecular weight excluding hydrogens is 276 g/mol. The van der Waals surface area contributed by atoms with Crippen molar-refractivity contribution in [3.63, 3.8) is 0 Å². The second-order valence-electron chi connectivity index (χ2n) is 4.07. The van der Waals surface area contributed by atoms with Crippen molar-refractivity contribution in [1.82, 2.24) is 4.98 Å². The summed E-state index contributed by atoms with van der Waals surface area (Å²) in [6.07, 6.45) is 1.42. The van der Waals surface area contributed by atoms with E-state index in [-0.39, 0.29) is 17.6 Å². The van der Waals surface area contributed by atoms with Crippen molar-refractivity contribution in [2.24, 2.45) is 5.14 Å². The third kappa shape index (κ3) is 2.88. The quantitative estimate of drug-likeness (QED) is 0.815. The Balaban J connectivity index is 2.20. The summed E-state index contributed by atoms with van der Waals surface area (Å²) in [5, 5.41) is 5.42. The standard InChI is InChI=1S/C10H14N2O4S2/c1-2-16-10(13)6-3-4-7-9(6)12-8(17-7)5-18(11,14)15/h6H,2-5H2,1H3,(H2,11,14,15). The molecule has 1 aliphatic carbocycles. The zero-order valence-corrected chi connectivity index (χ0v) is 11.5. The number of ether oxygens (including phenoxy) is 1. The smallest absolute Gasteiger partial charge is 0.315 e. The highest BCUT2D eigenvalue weighted by atomic mass is 32.2. The second kappa shape index (κ2) is 4.94. The van der Waals surface area contributed by atoms with Crippen LogP contribution in [0.5, 0.6) is 0 Å². The first-order valence-electron chi connectivity index (χ1n) is 5.56. The minimum Gasteiger partial charge on any atom is -0.465 e. The van der Waals surface area contributed by atoms with Crippen LogP contribution in [0.15, 0.2) is 0 Å². The minimum atomic E-state index is -3.58. The Morgan fingerprint density at radius 3 is 2.94 bits per heavy atom. The molecular formula is C10H14N2O4S2. The molecule has 6 nitrogen and oxygen atoms in total. The summed E-state index contributed by atoms with van der Waals surface area (Å²) in [6, 6.07) is 0. The number of primary sulfonamides is 1. The zero-order valence-electron chi connectivity index (χ0n) is 9.88. The van der Waals surface area contributed by atoms with Gasteiger partial charge in [0.05, 0.1) is 12.3 Å². The van der Waals surface area contributed by atoms with Crippen molar-refractivity contribution in [2.45, 2.75) is 31.4 Å². The number of thiazole rings is 1. The molecule has 0 amide bonds. The average molecular weight is 290 g/mol. The Morgan fingerprint density at radius 1 is 1.61 bits per heavy atom. The topological polar surface area (TPSA) is 99.4 Å². The van der Waals surface area contributed by atoms with Crippen LogP contribution in [0.1, 0.15) is 34.8 Å². The fourth-order valence-corrected chi connectivity index (χ4v) is 4.06. The van der Waals surface area contributed by atoms with Crippen LogP contribution in [-0.2, 0) is 31.7 Å². The summed E-state index contributed by atoms with van der Waals surface area (Å²) in [6.45, 7) is 2.08. The molecule has 1 heterocycles. The van der Waals surface area contributed by atoms with E-state index in [0.29, 0.717) is 23.7 Å². The summed E-state index contributed by atoms with van der Waals surface area (Å²) in [7, 11) is -3.58. The molecule has 1 aromatic rings. The number of nitrogens with zero attached hydrogens (tertiary/aromatic N) is 1. The van der Waals surface area contributed by atoms with Crippen LogP contribution >= 0.6 is 11.3 Å². The first-order chi connectivity index (χ1) is 8.40. The van der Waals surface area contributed by atoms with Crippen molar-refractivity contribution >= 4 is 27.3 Å². The lowest BCUT2D eigenvalue weighted by Gasteiger charge is -2.07. The molecule has 0 saturated heterocycles. The molecule has 100 valence electrons. The number of fused-ring (bicyclic) bond motifs is 1. The van der Waals surface area contributed by atoms with E-state index in [4.69, 9.17) is 9.88 Å². The molecule has 0 radical (unpaired) electrons. The molecule has 0 fully saturated rings. The van der Waals surface area contributed by atoms with Crippen LogP contribution in [0.3, 0.4) is 0 Å². The lowest BCUT2D eigenvalue weighted by Crippen LogP contribution is -2.16. The Hall–Kier alpha value is -0.990. The van der Waals surface area contributed by atoms with Crippen molar-refractivity contribution in [3.8, 4) is 0 Å². The maximum atomic E-state index is 11.7. The van der Waals surface area contributed by atoms with Gasteiger partial charge in [-0.3, -0.25) is 4.79 Å². The number of esters is 1. The van der Waals surface area contributed by atoms with Crippen molar-refractivity contribution in [2.75, 3.05) is 6.61 Å². The second-order valence-corrected chi connectivity index (χ2v) is 6.85. The van der Waals surface area contributed by atoms with Gasteiger partial charge in [0, 0.05) is 4.88 Å². The predicted octanol–water partition coefficient (Wildman–Crippen LogP) is 0.525. The highest BCUT2D eigenvalue weighted by Crippen LogP contribution is 2.37. The molecule has 0 spiro atoms. The van der Waals surface area contributed by atoms with Gasteiger partial charge < -0.3 is 4.74 Å². The van der Waals surface area contributed by atoms with E-state index < -0.39 is 10.0 Å². The number of sulfonamides is 1. The van der Waals surface area contributed by atoms with Gasteiger partial charge in [0.2, 0.25) is 10.0 Å². The van der Waals surface area contributed by atoms with Crippen LogP contribution in [0.25, 0.3) is 0 Å². The van der Waals surface area contributed by atoms with E-state index in [1.54, 1.807) is 6.92 Å². The number of hydrogen-bond donors (Lipinski definition) is 1. The Labute approximate surface area is 109 Å². The number of nitrogens with two attached hydrogens (primary N) is 1. The summed E-state index contributed by atoms with van der Waals surface area (Å²) in [5.74, 6) is -0.922. The molecule has 2 N–H and O–H groups in total. The van der Waals surface area contributed by atoms with Gasteiger partial charge >= 0.3 is 5.97 Å². The molecule has 0 saturated carbocycles. The highest BCUT2D eigenvalue weighted by molar-refractivity contribution is 7.88. The van der Waals surface area contributed by atoms with Gasteiger partial charge in [-0.1, -0.05) is 0 Å². The van der Waals surface area contributed by atoms with Gasteiger partial charge in [0.15, 0.2) is 0 Å². The van der Waals surface area contributed by atoms with Crippen molar-refractivity contribution in [3.05, 3.63) is 15.6 Å². The van der Waals surface area contributed by atoms with Crippen molar-refractivity contribution in [1.29, 1.82) is 0 Å². The maximum absolute atomic E-state index is 11.7. The molecule has 1 atom stereocenters. The average Bonchev–Trinajstić information content (AvgIpc) is 2.73. The molecule has 0 aromatic carbocycles. The molecule has 1 aromatic heterocycles. The van der Waals surface area contributed by atoms with Crippen LogP contribution in [0, 0.1) is 0 Å². The zero-order chi connectivity index (χ0) is 13.3. The fourth-order valence-electron chi connectivity index (χ4n) is 1.98. The molecule has 8 heteroatoms. The summed E-state index contributed by atoms with van der Waals surface area (Å²) in [4.78, 5) is 16.9. The Bertz CT molecular complexity index is 564. The SMILES string of the molecule is CCOC(=O)C1CCc2sc(CS(N)(=O)=O)nc21. The number of rotatable bonds is 4. The largest absolute Gasteiger partial charge is 0.465 e. The van der Waals surface area contributed by atoms with Gasteiger partial charge in [0.1, 0.15) is 16.7 Å². The number of carbonyl (C=O) groups excluding carboxylic acids is 1. The number of aryl methyl sites for hydroxylation is 1. The lowest BCUT2D eigenvalue weighted by molar-refractivity contribution is -0.145. The Kier molecular flexibility index (Phi) is 3.69. The molecule has 2 rings (SSSR count). The van der Waals surface area contributed by atoms with Gasteiger partial charge in [0.25, 0.3) is 0 Å². The summed E-state index contributed by atoms with van der Waals surface area (Å²) in [5.41, 5.74) is 0.664. The van der Waals surface area contributed by atoms with Gasteiger partial charge in [-0.25, -0.2) is 18.5 Å². The van der Waals surface area contributed by atoms with Gasteiger partial charge in [-0.15, -0.1) is 11.3 Å². The van der Waals surface area contributed by atoms with Crippen LogP contribution in [0.4, 0.5) is 0 Å². The van der Waals surface area contributed by atoms with Crippen molar-refractivity contribution < 1.29 is 17.9 Å². The monoisotopic (exact) mass is 290 g/mol. The van der Waals surface area contributed by atoms with Crippen LogP contribution < -0.4 is 5.14 Å². The van der Waals surface area contributed by atoms with E-state index in [2.05, 4.69) is 4.98 Å². The fraction of sp³-hybridized carbons (Fsp3) is 0.600. The number of aromatic nitrogens is 1. The summed E-state index contributed by atoms with van der Waals surface area (Å²) < 4.78 is 27.0. The first-order valence-corrected chi connectivity index (χ1v) is 8.09. The highest BCUT2D eigenvalue weighted by Gasteiger charge is 2.33. The molecule has 1 aliphatic rings. The molecule has 0 aliphatic heterocycles. The molecule has 1 unspecified atom stereocenters. The third-order valence-electron chi connectivity index (χ3n) is 2.66. The molecule has 18 heavy (non-hydrogen) atoms. The first kappa shape index (κ1) is 13.4. The maximum Gasteiger partial charge on any atom is 0.315 e. The number of carbonyl (C=O) groups is 1. The van der Waals surface area contributed by atoms with Gasteiger partial charge in [-0.2, -0.15) is 0 Å². The van der Waals surface area contributed by atoms with Gasteiger partial charge in [-0.05, 0) is 19.8 Å². The summed E-state index contributed by atoms with van der Waals surface area (Å²) >= 11 is 1.31. The third-order valence-corrected chi connectivity index (χ3v) is 4.65. The van der Waals surface area contributed by atoms with Crippen LogP contribution in [-0.4, -0.2) is 26.0 Å². The van der Waals surface area contributed by atoms with E-state index in [1.165, 1.54) is 11.3 Å². The predicted molar refractivity (Wildman–Crippen MR) is 66.6 cm³/mol. The van der Waals surface area contributed by atoms with E-state index in [0.717, 1.165) is 11.3 Å². The normalized spacial score (nSPS) is 18.7.